The molecular formula is C10H13N2O. The fraction of sp³-hybridized carbons (Fsp3) is 0.300. The summed E-state index contributed by atoms with van der Waals surface area (Å²) in [5, 5.41) is 2.74. The average molecular weight is 177 g/mol. The zero-order valence-corrected chi connectivity index (χ0v) is 7.42. The highest BCUT2D eigenvalue weighted by atomic mass is 16.1. The molecule has 0 atom stereocenters. The molecule has 13 heavy (non-hydrogen) atoms. The number of hydrogen-bond acceptors (Lipinski definition) is 1. The molecule has 0 heterocycles. The largest absolute Gasteiger partial charge is 0.352 e. The molecule has 3 nitrogen and oxygen atoms in total. The van der Waals surface area contributed by atoms with Crippen molar-refractivity contribution in [3.8, 4) is 0 Å². The van der Waals surface area contributed by atoms with Gasteiger partial charge in [0.15, 0.2) is 0 Å². The number of rotatable bonds is 4. The number of nitrogens with one attached hydrogen (secondary N) is 2. The van der Waals surface area contributed by atoms with Gasteiger partial charge >= 0.3 is 0 Å². The molecule has 0 aromatic heterocycles. The maximum absolute atomic E-state index is 11.3. The molecule has 1 radical (unpaired) electrons. The Morgan fingerprint density at radius 1 is 1.31 bits per heavy atom. The van der Waals surface area contributed by atoms with Crippen molar-refractivity contribution in [3.63, 3.8) is 0 Å². The average Bonchev–Trinajstić information content (AvgIpc) is 2.19. The van der Waals surface area contributed by atoms with Crippen molar-refractivity contribution in [1.29, 1.82) is 0 Å². The van der Waals surface area contributed by atoms with Gasteiger partial charge in [-0.1, -0.05) is 18.2 Å². The van der Waals surface area contributed by atoms with E-state index in [9.17, 15) is 4.79 Å². The van der Waals surface area contributed by atoms with Crippen LogP contribution in [0, 0.1) is 0 Å². The monoisotopic (exact) mass is 177 g/mol. The summed E-state index contributed by atoms with van der Waals surface area (Å²) < 4.78 is 0. The molecule has 0 fully saturated rings. The minimum Gasteiger partial charge on any atom is -0.352 e. The van der Waals surface area contributed by atoms with Crippen LogP contribution in [-0.4, -0.2) is 19.0 Å². The van der Waals surface area contributed by atoms with Gasteiger partial charge in [-0.05, 0) is 18.6 Å². The second-order valence-electron chi connectivity index (χ2n) is 2.73. The molecule has 0 aliphatic rings. The van der Waals surface area contributed by atoms with Crippen molar-refractivity contribution in [2.24, 2.45) is 0 Å². The molecule has 0 aliphatic heterocycles. The van der Waals surface area contributed by atoms with Gasteiger partial charge in [0.05, 0.1) is 0 Å². The summed E-state index contributed by atoms with van der Waals surface area (Å²) in [5.41, 5.74) is 7.57. The number of carbonyl (C=O) groups excluding carboxylic acids is 1. The van der Waals surface area contributed by atoms with Crippen LogP contribution < -0.4 is 11.1 Å². The van der Waals surface area contributed by atoms with Crippen molar-refractivity contribution in [3.05, 3.63) is 35.9 Å². The quantitative estimate of drug-likeness (QED) is 0.688. The topological polar surface area (TPSA) is 52.9 Å². The third kappa shape index (κ3) is 3.25. The number of amides is 1. The summed E-state index contributed by atoms with van der Waals surface area (Å²) >= 11 is 0. The third-order valence-electron chi connectivity index (χ3n) is 1.68. The molecule has 69 valence electrons. The summed E-state index contributed by atoms with van der Waals surface area (Å²) in [4.78, 5) is 11.3. The molecule has 3 heteroatoms. The SMILES string of the molecule is [NH]CCCNC(=O)c1ccccc1. The Morgan fingerprint density at radius 3 is 2.62 bits per heavy atom. The normalized spacial score (nSPS) is 9.62. The van der Waals surface area contributed by atoms with Crippen LogP contribution in [0.5, 0.6) is 0 Å². The summed E-state index contributed by atoms with van der Waals surface area (Å²) in [7, 11) is 0. The van der Waals surface area contributed by atoms with Crippen LogP contribution in [0.3, 0.4) is 0 Å². The standard InChI is InChI=1S/C10H13N2O/c11-7-4-8-12-10(13)9-5-2-1-3-6-9/h1-3,5-6,11H,4,7-8H2,(H,12,13). The Labute approximate surface area is 77.9 Å². The second kappa shape index (κ2) is 5.32. The molecule has 0 bridgehead atoms. The van der Waals surface area contributed by atoms with E-state index in [0.717, 1.165) is 0 Å². The minimum absolute atomic E-state index is 0.0611. The molecule has 1 rings (SSSR count). The van der Waals surface area contributed by atoms with Crippen molar-refractivity contribution in [2.75, 3.05) is 13.1 Å². The summed E-state index contributed by atoms with van der Waals surface area (Å²) in [6.07, 6.45) is 0.707. The molecule has 0 spiro atoms. The third-order valence-corrected chi connectivity index (χ3v) is 1.68. The van der Waals surface area contributed by atoms with E-state index in [2.05, 4.69) is 5.32 Å². The molecule has 0 saturated heterocycles. The zero-order chi connectivity index (χ0) is 9.52. The first-order valence-electron chi connectivity index (χ1n) is 4.32. The van der Waals surface area contributed by atoms with Gasteiger partial charge in [0.1, 0.15) is 0 Å². The summed E-state index contributed by atoms with van der Waals surface area (Å²) in [6, 6.07) is 9.09. The number of hydrogen-bond donors (Lipinski definition) is 1. The van der Waals surface area contributed by atoms with Crippen LogP contribution in [0.4, 0.5) is 0 Å². The van der Waals surface area contributed by atoms with Crippen molar-refractivity contribution >= 4 is 5.91 Å². The first-order valence-corrected chi connectivity index (χ1v) is 4.32. The van der Waals surface area contributed by atoms with Crippen molar-refractivity contribution in [1.82, 2.24) is 11.1 Å². The predicted octanol–water partition coefficient (Wildman–Crippen LogP) is 1.09. The summed E-state index contributed by atoms with van der Waals surface area (Å²) in [5.74, 6) is -0.0611. The molecule has 0 aliphatic carbocycles. The Balaban J connectivity index is 2.40. The maximum Gasteiger partial charge on any atom is 0.251 e. The Kier molecular flexibility index (Phi) is 3.99. The van der Waals surface area contributed by atoms with Gasteiger partial charge in [0, 0.05) is 18.7 Å². The van der Waals surface area contributed by atoms with Gasteiger partial charge in [-0.25, -0.2) is 0 Å². The maximum atomic E-state index is 11.3. The highest BCUT2D eigenvalue weighted by Crippen LogP contribution is 1.97. The van der Waals surface area contributed by atoms with Crippen molar-refractivity contribution < 1.29 is 4.79 Å². The van der Waals surface area contributed by atoms with E-state index in [1.54, 1.807) is 12.1 Å². The lowest BCUT2D eigenvalue weighted by Gasteiger charge is -2.02. The zero-order valence-electron chi connectivity index (χ0n) is 7.42. The fourth-order valence-electron chi connectivity index (χ4n) is 0.982. The van der Waals surface area contributed by atoms with Gasteiger partial charge in [-0.15, -0.1) is 0 Å². The van der Waals surface area contributed by atoms with Crippen LogP contribution in [0.25, 0.3) is 0 Å². The van der Waals surface area contributed by atoms with E-state index in [4.69, 9.17) is 5.73 Å². The molecule has 0 saturated carbocycles. The molecular weight excluding hydrogens is 164 g/mol. The van der Waals surface area contributed by atoms with Crippen LogP contribution in [0.15, 0.2) is 30.3 Å². The van der Waals surface area contributed by atoms with E-state index >= 15 is 0 Å². The summed E-state index contributed by atoms with van der Waals surface area (Å²) in [6.45, 7) is 0.937. The van der Waals surface area contributed by atoms with E-state index in [1.165, 1.54) is 0 Å². The second-order valence-corrected chi connectivity index (χ2v) is 2.73. The van der Waals surface area contributed by atoms with Gasteiger partial charge < -0.3 is 5.32 Å². The van der Waals surface area contributed by atoms with Crippen molar-refractivity contribution in [2.45, 2.75) is 6.42 Å². The van der Waals surface area contributed by atoms with Crippen LogP contribution >= 0.6 is 0 Å². The number of benzene rings is 1. The highest BCUT2D eigenvalue weighted by molar-refractivity contribution is 5.94. The fourth-order valence-corrected chi connectivity index (χ4v) is 0.982. The molecule has 1 aromatic rings. The molecule has 2 N–H and O–H groups in total. The van der Waals surface area contributed by atoms with E-state index in [1.807, 2.05) is 18.2 Å². The molecule has 1 amide bonds. The van der Waals surface area contributed by atoms with E-state index < -0.39 is 0 Å². The first-order chi connectivity index (χ1) is 6.34. The lowest BCUT2D eigenvalue weighted by Crippen LogP contribution is -2.24. The molecule has 0 unspecified atom stereocenters. The van der Waals surface area contributed by atoms with Crippen LogP contribution in [0.1, 0.15) is 16.8 Å². The Hall–Kier alpha value is -1.35. The van der Waals surface area contributed by atoms with Crippen LogP contribution in [0.2, 0.25) is 0 Å². The Morgan fingerprint density at radius 2 is 2.00 bits per heavy atom. The van der Waals surface area contributed by atoms with Gasteiger partial charge in [-0.2, -0.15) is 0 Å². The smallest absolute Gasteiger partial charge is 0.251 e. The molecule has 1 aromatic carbocycles. The lowest BCUT2D eigenvalue weighted by molar-refractivity contribution is 0.0953. The van der Waals surface area contributed by atoms with Gasteiger partial charge in [0.25, 0.3) is 5.91 Å². The van der Waals surface area contributed by atoms with Gasteiger partial charge in [-0.3, -0.25) is 10.5 Å². The van der Waals surface area contributed by atoms with Crippen LogP contribution in [-0.2, 0) is 0 Å². The first kappa shape index (κ1) is 9.74. The van der Waals surface area contributed by atoms with E-state index in [-0.39, 0.29) is 5.91 Å². The number of carbonyl (C=O) groups is 1. The highest BCUT2D eigenvalue weighted by Gasteiger charge is 2.01. The lowest BCUT2D eigenvalue weighted by atomic mass is 10.2. The minimum atomic E-state index is -0.0611. The van der Waals surface area contributed by atoms with E-state index in [0.29, 0.717) is 25.1 Å². The predicted molar refractivity (Wildman–Crippen MR) is 51.4 cm³/mol. The Bertz CT molecular complexity index is 259. The van der Waals surface area contributed by atoms with Gasteiger partial charge in [0.2, 0.25) is 0 Å².